The van der Waals surface area contributed by atoms with Crippen LogP contribution in [0.1, 0.15) is 77.0 Å². The average Bonchev–Trinajstić information content (AvgIpc) is 3.35. The van der Waals surface area contributed by atoms with E-state index in [4.69, 9.17) is 35.9 Å². The normalized spacial score (nSPS) is 17.3. The van der Waals surface area contributed by atoms with E-state index in [0.29, 0.717) is 51.3 Å². The smallest absolute Gasteiger partial charge is 0.338 e. The number of carbonyl (C=O) groups is 1. The molecule has 2 aromatic carbocycles. The summed E-state index contributed by atoms with van der Waals surface area (Å²) in [4.78, 5) is 18.6. The van der Waals surface area contributed by atoms with Crippen LogP contribution in [0.5, 0.6) is 11.5 Å². The lowest BCUT2D eigenvalue weighted by atomic mass is 9.94. The standard InChI is InChI=1S/C31H37ClN4O4S/c1-5-38-26-17-21(15-16-25(26)39-19(2)3)28-27(29(37)40-23-12-7-6-8-13-23)20(4)33-30-34-31(35-36(28)30)41-18-22-11-9-10-14-24(22)32/h9-11,14-17,19,23,28H,5-8,12-13,18H2,1-4H3,(H,33,34,35). The second-order valence-corrected chi connectivity index (χ2v) is 11.9. The van der Waals surface area contributed by atoms with Crippen molar-refractivity contribution in [3.63, 3.8) is 0 Å². The maximum Gasteiger partial charge on any atom is 0.338 e. The van der Waals surface area contributed by atoms with Crippen molar-refractivity contribution < 1.29 is 19.0 Å². The summed E-state index contributed by atoms with van der Waals surface area (Å²) in [7, 11) is 0. The van der Waals surface area contributed by atoms with Crippen LogP contribution in [0.15, 0.2) is 58.9 Å². The zero-order valence-electron chi connectivity index (χ0n) is 24.0. The number of nitrogens with zero attached hydrogens (tertiary/aromatic N) is 3. The van der Waals surface area contributed by atoms with E-state index in [1.165, 1.54) is 18.2 Å². The van der Waals surface area contributed by atoms with Crippen molar-refractivity contribution in [2.24, 2.45) is 0 Å². The van der Waals surface area contributed by atoms with E-state index >= 15 is 0 Å². The zero-order chi connectivity index (χ0) is 28.9. The number of hydrogen-bond donors (Lipinski definition) is 1. The van der Waals surface area contributed by atoms with E-state index in [9.17, 15) is 4.79 Å². The maximum absolute atomic E-state index is 13.8. The lowest BCUT2D eigenvalue weighted by molar-refractivity contribution is -0.146. The summed E-state index contributed by atoms with van der Waals surface area (Å²) in [5.41, 5.74) is 3.04. The van der Waals surface area contributed by atoms with Gasteiger partial charge in [-0.3, -0.25) is 0 Å². The average molecular weight is 597 g/mol. The Labute approximate surface area is 250 Å². The van der Waals surface area contributed by atoms with E-state index in [2.05, 4.69) is 5.32 Å². The van der Waals surface area contributed by atoms with Crippen LogP contribution in [0, 0.1) is 0 Å². The number of ether oxygens (including phenoxy) is 3. The molecule has 218 valence electrons. The third-order valence-corrected chi connectivity index (χ3v) is 8.39. The minimum Gasteiger partial charge on any atom is -0.490 e. The zero-order valence-corrected chi connectivity index (χ0v) is 25.6. The maximum atomic E-state index is 13.8. The number of aromatic nitrogens is 3. The molecule has 5 rings (SSSR count). The number of anilines is 1. The molecular weight excluding hydrogens is 560 g/mol. The molecule has 8 nitrogen and oxygen atoms in total. The molecule has 1 N–H and O–H groups in total. The van der Waals surface area contributed by atoms with Crippen molar-refractivity contribution in [1.82, 2.24) is 14.8 Å². The Hall–Kier alpha value is -3.17. The van der Waals surface area contributed by atoms with Gasteiger partial charge in [0.25, 0.3) is 0 Å². The summed E-state index contributed by atoms with van der Waals surface area (Å²) >= 11 is 7.87. The second-order valence-electron chi connectivity index (χ2n) is 10.6. The monoisotopic (exact) mass is 596 g/mol. The van der Waals surface area contributed by atoms with E-state index in [-0.39, 0.29) is 18.2 Å². The van der Waals surface area contributed by atoms with Gasteiger partial charge in [-0.05, 0) is 82.7 Å². The molecule has 0 amide bonds. The molecule has 0 bridgehead atoms. The molecule has 1 saturated carbocycles. The SMILES string of the molecule is CCOc1cc(C2C(C(=O)OC3CCCCC3)=C(C)Nc3nc(SCc4ccccc4Cl)nn32)ccc1OC(C)C. The van der Waals surface area contributed by atoms with Crippen LogP contribution in [0.3, 0.4) is 0 Å². The van der Waals surface area contributed by atoms with Gasteiger partial charge in [0.2, 0.25) is 11.1 Å². The van der Waals surface area contributed by atoms with E-state index in [1.807, 2.05) is 70.2 Å². The van der Waals surface area contributed by atoms with Crippen molar-refractivity contribution in [3.05, 3.63) is 69.9 Å². The fraction of sp³-hybridized carbons (Fsp3) is 0.452. The predicted molar refractivity (Wildman–Crippen MR) is 162 cm³/mol. The van der Waals surface area contributed by atoms with Gasteiger partial charge in [0.1, 0.15) is 12.1 Å². The van der Waals surface area contributed by atoms with Gasteiger partial charge in [0, 0.05) is 16.5 Å². The number of halogens is 1. The van der Waals surface area contributed by atoms with Crippen molar-refractivity contribution >= 4 is 35.3 Å². The lowest BCUT2D eigenvalue weighted by Crippen LogP contribution is -2.32. The molecule has 1 atom stereocenters. The van der Waals surface area contributed by atoms with Gasteiger partial charge >= 0.3 is 5.97 Å². The Morgan fingerprint density at radius 3 is 2.66 bits per heavy atom. The van der Waals surface area contributed by atoms with Gasteiger partial charge in [0.05, 0.1) is 18.3 Å². The molecule has 0 spiro atoms. The first-order chi connectivity index (χ1) is 19.8. The quantitative estimate of drug-likeness (QED) is 0.189. The molecule has 1 fully saturated rings. The Kier molecular flexibility index (Phi) is 9.45. The number of allylic oxidation sites excluding steroid dienone is 1. The van der Waals surface area contributed by atoms with Crippen LogP contribution < -0.4 is 14.8 Å². The number of thioether (sulfide) groups is 1. The molecule has 3 aromatic rings. The Balaban J connectivity index is 1.52. The van der Waals surface area contributed by atoms with Crippen molar-refractivity contribution in [2.75, 3.05) is 11.9 Å². The minimum atomic E-state index is -0.559. The number of carbonyl (C=O) groups excluding carboxylic acids is 1. The van der Waals surface area contributed by atoms with Crippen LogP contribution in [-0.2, 0) is 15.3 Å². The molecular formula is C31H37ClN4O4S. The number of fused-ring (bicyclic) bond motifs is 1. The first-order valence-corrected chi connectivity index (χ1v) is 15.6. The number of esters is 1. The van der Waals surface area contributed by atoms with E-state index in [1.54, 1.807) is 4.68 Å². The van der Waals surface area contributed by atoms with Gasteiger partial charge in [-0.1, -0.05) is 54.0 Å². The molecule has 1 aliphatic heterocycles. The highest BCUT2D eigenvalue weighted by molar-refractivity contribution is 7.98. The van der Waals surface area contributed by atoms with Crippen molar-refractivity contribution in [2.45, 2.75) is 89.0 Å². The Morgan fingerprint density at radius 2 is 1.93 bits per heavy atom. The van der Waals surface area contributed by atoms with Gasteiger partial charge < -0.3 is 19.5 Å². The van der Waals surface area contributed by atoms with Crippen LogP contribution in [0.2, 0.25) is 5.02 Å². The van der Waals surface area contributed by atoms with Crippen molar-refractivity contribution in [1.29, 1.82) is 0 Å². The van der Waals surface area contributed by atoms with Crippen LogP contribution >= 0.6 is 23.4 Å². The van der Waals surface area contributed by atoms with E-state index < -0.39 is 6.04 Å². The first kappa shape index (κ1) is 29.3. The summed E-state index contributed by atoms with van der Waals surface area (Å²) in [6, 6.07) is 13.0. The van der Waals surface area contributed by atoms with Gasteiger partial charge in [-0.25, -0.2) is 9.48 Å². The molecule has 0 radical (unpaired) electrons. The second kappa shape index (κ2) is 13.2. The highest BCUT2D eigenvalue weighted by atomic mass is 35.5. The van der Waals surface area contributed by atoms with Crippen LogP contribution in [0.25, 0.3) is 0 Å². The highest BCUT2D eigenvalue weighted by Gasteiger charge is 2.37. The molecule has 10 heteroatoms. The molecule has 1 aromatic heterocycles. The van der Waals surface area contributed by atoms with Gasteiger partial charge in [-0.15, -0.1) is 5.10 Å². The van der Waals surface area contributed by atoms with Crippen LogP contribution in [0.4, 0.5) is 5.95 Å². The fourth-order valence-electron chi connectivity index (χ4n) is 5.24. The van der Waals surface area contributed by atoms with Crippen LogP contribution in [-0.4, -0.2) is 39.5 Å². The number of hydrogen-bond acceptors (Lipinski definition) is 8. The predicted octanol–water partition coefficient (Wildman–Crippen LogP) is 7.57. The molecule has 0 saturated heterocycles. The minimum absolute atomic E-state index is 0.0123. The van der Waals surface area contributed by atoms with Gasteiger partial charge in [0.15, 0.2) is 11.5 Å². The summed E-state index contributed by atoms with van der Waals surface area (Å²) in [5, 5.41) is 9.46. The molecule has 1 aliphatic carbocycles. The number of rotatable bonds is 10. The number of nitrogens with one attached hydrogen (secondary N) is 1. The summed E-state index contributed by atoms with van der Waals surface area (Å²) in [6.07, 6.45) is 5.03. The molecule has 2 aliphatic rings. The fourth-order valence-corrected chi connectivity index (χ4v) is 6.35. The topological polar surface area (TPSA) is 87.5 Å². The summed E-state index contributed by atoms with van der Waals surface area (Å²) < 4.78 is 19.8. The Bertz CT molecular complexity index is 1420. The largest absolute Gasteiger partial charge is 0.490 e. The first-order valence-electron chi connectivity index (χ1n) is 14.3. The van der Waals surface area contributed by atoms with Gasteiger partial charge in [-0.2, -0.15) is 4.98 Å². The third-order valence-electron chi connectivity index (χ3n) is 7.14. The van der Waals surface area contributed by atoms with Crippen molar-refractivity contribution in [3.8, 4) is 11.5 Å². The lowest BCUT2D eigenvalue weighted by Gasteiger charge is -2.30. The summed E-state index contributed by atoms with van der Waals surface area (Å²) in [5.74, 6) is 2.11. The van der Waals surface area contributed by atoms with E-state index in [0.717, 1.165) is 36.8 Å². The molecule has 2 heterocycles. The Morgan fingerprint density at radius 1 is 1.15 bits per heavy atom. The number of benzene rings is 2. The molecule has 41 heavy (non-hydrogen) atoms. The third kappa shape index (κ3) is 6.84. The molecule has 1 unspecified atom stereocenters. The highest BCUT2D eigenvalue weighted by Crippen LogP contribution is 2.41. The summed E-state index contributed by atoms with van der Waals surface area (Å²) in [6.45, 7) is 8.26.